The quantitative estimate of drug-likeness (QED) is 0.916. The zero-order chi connectivity index (χ0) is 16.1. The van der Waals surface area contributed by atoms with E-state index in [4.69, 9.17) is 0 Å². The fourth-order valence-electron chi connectivity index (χ4n) is 3.10. The number of amides is 1. The first-order chi connectivity index (χ1) is 11.2. The second-order valence-electron chi connectivity index (χ2n) is 6.25. The first kappa shape index (κ1) is 15.8. The van der Waals surface area contributed by atoms with Crippen molar-refractivity contribution in [1.82, 2.24) is 10.2 Å². The lowest BCUT2D eigenvalue weighted by atomic mass is 10.0. The smallest absolute Gasteiger partial charge is 0.251 e. The molecule has 0 saturated carbocycles. The molecule has 2 aromatic rings. The lowest BCUT2D eigenvalue weighted by Crippen LogP contribution is -2.40. The number of nitrogens with one attached hydrogen (secondary N) is 1. The second-order valence-corrected chi connectivity index (χ2v) is 6.25. The molecule has 0 radical (unpaired) electrons. The molecule has 120 valence electrons. The van der Waals surface area contributed by atoms with Gasteiger partial charge in [-0.2, -0.15) is 0 Å². The van der Waals surface area contributed by atoms with Gasteiger partial charge in [0.05, 0.1) is 0 Å². The maximum Gasteiger partial charge on any atom is 0.251 e. The van der Waals surface area contributed by atoms with Crippen LogP contribution in [0.15, 0.2) is 54.6 Å². The highest BCUT2D eigenvalue weighted by Crippen LogP contribution is 2.19. The first-order valence-corrected chi connectivity index (χ1v) is 8.42. The summed E-state index contributed by atoms with van der Waals surface area (Å²) in [5.74, 6) is 0.00987. The summed E-state index contributed by atoms with van der Waals surface area (Å²) in [4.78, 5) is 14.7. The normalized spacial score (nSPS) is 16.2. The largest absolute Gasteiger partial charge is 0.350 e. The van der Waals surface area contributed by atoms with Gasteiger partial charge in [-0.1, -0.05) is 42.5 Å². The average molecular weight is 308 g/mol. The van der Waals surface area contributed by atoms with Crippen molar-refractivity contribution in [3.8, 4) is 11.1 Å². The maximum atomic E-state index is 12.3. The van der Waals surface area contributed by atoms with E-state index >= 15 is 0 Å². The van der Waals surface area contributed by atoms with E-state index in [1.165, 1.54) is 18.4 Å². The highest BCUT2D eigenvalue weighted by molar-refractivity contribution is 5.94. The first-order valence-electron chi connectivity index (χ1n) is 8.42. The molecule has 1 fully saturated rings. The molecule has 0 aliphatic carbocycles. The minimum Gasteiger partial charge on any atom is -0.350 e. The lowest BCUT2D eigenvalue weighted by Gasteiger charge is -2.23. The van der Waals surface area contributed by atoms with Gasteiger partial charge in [0.1, 0.15) is 0 Å². The molecular weight excluding hydrogens is 284 g/mol. The molecule has 0 bridgehead atoms. The van der Waals surface area contributed by atoms with Gasteiger partial charge in [-0.3, -0.25) is 9.69 Å². The zero-order valence-electron chi connectivity index (χ0n) is 13.7. The number of hydrogen-bond acceptors (Lipinski definition) is 2. The maximum absolute atomic E-state index is 12.3. The van der Waals surface area contributed by atoms with E-state index in [0.717, 1.165) is 24.2 Å². The van der Waals surface area contributed by atoms with Crippen LogP contribution in [0.4, 0.5) is 0 Å². The van der Waals surface area contributed by atoms with Crippen molar-refractivity contribution in [2.24, 2.45) is 0 Å². The molecule has 1 amide bonds. The fraction of sp³-hybridized carbons (Fsp3) is 0.350. The van der Waals surface area contributed by atoms with Crippen LogP contribution in [0.25, 0.3) is 11.1 Å². The molecular formula is C20H24N2O. The van der Waals surface area contributed by atoms with Crippen molar-refractivity contribution in [2.75, 3.05) is 19.6 Å². The highest BCUT2D eigenvalue weighted by Gasteiger charge is 2.18. The molecule has 0 aromatic heterocycles. The van der Waals surface area contributed by atoms with E-state index in [9.17, 15) is 4.79 Å². The van der Waals surface area contributed by atoms with Crippen molar-refractivity contribution in [3.05, 3.63) is 60.2 Å². The standard InChI is InChI=1S/C20H24N2O/c1-16(22-13-5-6-14-22)15-21-20(23)19-11-9-18(10-12-19)17-7-3-2-4-8-17/h2-4,7-12,16H,5-6,13-15H2,1H3,(H,21,23)/t16-/m0/s1. The van der Waals surface area contributed by atoms with Crippen molar-refractivity contribution in [3.63, 3.8) is 0 Å². The van der Waals surface area contributed by atoms with Gasteiger partial charge in [0, 0.05) is 18.2 Å². The van der Waals surface area contributed by atoms with E-state index in [1.807, 2.05) is 42.5 Å². The van der Waals surface area contributed by atoms with Crippen LogP contribution in [-0.4, -0.2) is 36.5 Å². The van der Waals surface area contributed by atoms with Crippen LogP contribution >= 0.6 is 0 Å². The summed E-state index contributed by atoms with van der Waals surface area (Å²) in [5, 5.41) is 3.05. The second kappa shape index (κ2) is 7.42. The molecule has 3 nitrogen and oxygen atoms in total. The summed E-state index contributed by atoms with van der Waals surface area (Å²) in [6, 6.07) is 18.4. The van der Waals surface area contributed by atoms with Gasteiger partial charge in [-0.05, 0) is 56.1 Å². The van der Waals surface area contributed by atoms with Crippen molar-refractivity contribution in [2.45, 2.75) is 25.8 Å². The van der Waals surface area contributed by atoms with Crippen LogP contribution in [0.5, 0.6) is 0 Å². The summed E-state index contributed by atoms with van der Waals surface area (Å²) in [5.41, 5.74) is 3.02. The van der Waals surface area contributed by atoms with E-state index in [2.05, 4.69) is 29.3 Å². The van der Waals surface area contributed by atoms with Crippen LogP contribution in [0.1, 0.15) is 30.1 Å². The lowest BCUT2D eigenvalue weighted by molar-refractivity contribution is 0.0940. The molecule has 3 heteroatoms. The third-order valence-electron chi connectivity index (χ3n) is 4.58. The van der Waals surface area contributed by atoms with Crippen LogP contribution in [0.3, 0.4) is 0 Å². The number of nitrogens with zero attached hydrogens (tertiary/aromatic N) is 1. The minimum absolute atomic E-state index is 0.00987. The zero-order valence-corrected chi connectivity index (χ0v) is 13.7. The SMILES string of the molecule is C[C@@H](CNC(=O)c1ccc(-c2ccccc2)cc1)N1CCCC1. The Morgan fingerprint density at radius 2 is 1.61 bits per heavy atom. The molecule has 1 aliphatic heterocycles. The van der Waals surface area contributed by atoms with Gasteiger partial charge in [0.15, 0.2) is 0 Å². The van der Waals surface area contributed by atoms with Gasteiger partial charge in [-0.25, -0.2) is 0 Å². The molecule has 23 heavy (non-hydrogen) atoms. The monoisotopic (exact) mass is 308 g/mol. The highest BCUT2D eigenvalue weighted by atomic mass is 16.1. The Hall–Kier alpha value is -2.13. The molecule has 3 rings (SSSR count). The van der Waals surface area contributed by atoms with Gasteiger partial charge in [0.25, 0.3) is 5.91 Å². The number of rotatable bonds is 5. The van der Waals surface area contributed by atoms with Crippen molar-refractivity contribution in [1.29, 1.82) is 0 Å². The van der Waals surface area contributed by atoms with Crippen molar-refractivity contribution >= 4 is 5.91 Å². The van der Waals surface area contributed by atoms with Crippen LogP contribution in [0, 0.1) is 0 Å². The fourth-order valence-corrected chi connectivity index (χ4v) is 3.10. The molecule has 0 unspecified atom stereocenters. The van der Waals surface area contributed by atoms with Crippen LogP contribution in [0.2, 0.25) is 0 Å². The van der Waals surface area contributed by atoms with Gasteiger partial charge < -0.3 is 5.32 Å². The third-order valence-corrected chi connectivity index (χ3v) is 4.58. The predicted octanol–water partition coefficient (Wildman–Crippen LogP) is 3.57. The molecule has 1 heterocycles. The van der Waals surface area contributed by atoms with Crippen LogP contribution < -0.4 is 5.32 Å². The Labute approximate surface area is 138 Å². The number of hydrogen-bond donors (Lipinski definition) is 1. The van der Waals surface area contributed by atoms with Gasteiger partial charge in [0.2, 0.25) is 0 Å². The minimum atomic E-state index is 0.00987. The number of benzene rings is 2. The summed E-state index contributed by atoms with van der Waals surface area (Å²) >= 11 is 0. The number of carbonyl (C=O) groups excluding carboxylic acids is 1. The van der Waals surface area contributed by atoms with Crippen LogP contribution in [-0.2, 0) is 0 Å². The molecule has 1 atom stereocenters. The summed E-state index contributed by atoms with van der Waals surface area (Å²) in [6.45, 7) is 5.20. The number of likely N-dealkylation sites (tertiary alicyclic amines) is 1. The van der Waals surface area contributed by atoms with E-state index in [-0.39, 0.29) is 5.91 Å². The summed E-state index contributed by atoms with van der Waals surface area (Å²) < 4.78 is 0. The predicted molar refractivity (Wildman–Crippen MR) is 94.5 cm³/mol. The average Bonchev–Trinajstić information content (AvgIpc) is 3.15. The molecule has 1 saturated heterocycles. The molecule has 0 spiro atoms. The topological polar surface area (TPSA) is 32.3 Å². The van der Waals surface area contributed by atoms with Crippen molar-refractivity contribution < 1.29 is 4.79 Å². The summed E-state index contributed by atoms with van der Waals surface area (Å²) in [6.07, 6.45) is 2.55. The van der Waals surface area contributed by atoms with Gasteiger partial charge >= 0.3 is 0 Å². The van der Waals surface area contributed by atoms with Gasteiger partial charge in [-0.15, -0.1) is 0 Å². The molecule has 1 aliphatic rings. The van der Waals surface area contributed by atoms with E-state index in [1.54, 1.807) is 0 Å². The Morgan fingerprint density at radius 1 is 1.00 bits per heavy atom. The summed E-state index contributed by atoms with van der Waals surface area (Å²) in [7, 11) is 0. The van der Waals surface area contributed by atoms with E-state index in [0.29, 0.717) is 12.6 Å². The Bertz CT molecular complexity index is 630. The number of carbonyl (C=O) groups is 1. The Balaban J connectivity index is 1.57. The Kier molecular flexibility index (Phi) is 5.09. The third kappa shape index (κ3) is 3.99. The van der Waals surface area contributed by atoms with E-state index < -0.39 is 0 Å². The molecule has 1 N–H and O–H groups in total. The Morgan fingerprint density at radius 3 is 2.26 bits per heavy atom. The molecule has 2 aromatic carbocycles.